The molecule has 1 aromatic heterocycles. The van der Waals surface area contributed by atoms with Gasteiger partial charge in [0.05, 0.1) is 30.5 Å². The van der Waals surface area contributed by atoms with E-state index in [9.17, 15) is 14.2 Å². The Labute approximate surface area is 173 Å². The average Bonchev–Trinajstić information content (AvgIpc) is 2.97. The Morgan fingerprint density at radius 1 is 1.43 bits per heavy atom. The summed E-state index contributed by atoms with van der Waals surface area (Å²) in [7, 11) is -3.94. The first-order valence-corrected chi connectivity index (χ1v) is 10.9. The van der Waals surface area contributed by atoms with Gasteiger partial charge in [-0.15, -0.1) is 0 Å². The molecule has 168 valence electrons. The first-order valence-electron chi connectivity index (χ1n) is 9.49. The van der Waals surface area contributed by atoms with Crippen LogP contribution in [0.1, 0.15) is 52.8 Å². The summed E-state index contributed by atoms with van der Waals surface area (Å²) in [5.74, 6) is 0. The second-order valence-electron chi connectivity index (χ2n) is 8.22. The van der Waals surface area contributed by atoms with Gasteiger partial charge in [-0.2, -0.15) is 0 Å². The third-order valence-electron chi connectivity index (χ3n) is 3.98. The number of azide groups is 1. The van der Waals surface area contributed by atoms with Gasteiger partial charge in [0.15, 0.2) is 0 Å². The fraction of sp³-hybridized carbons (Fsp3) is 0.765. The summed E-state index contributed by atoms with van der Waals surface area (Å²) >= 11 is 0. The molecule has 0 bridgehead atoms. The van der Waals surface area contributed by atoms with Crippen molar-refractivity contribution in [1.82, 2.24) is 9.55 Å². The second-order valence-corrected chi connectivity index (χ2v) is 9.76. The Kier molecular flexibility index (Phi) is 7.68. The standard InChI is InChI=1S/C17H28N5O7P/c1-10(2)28-30(25,29-17(4,5)6)26-9-13-12(20-21-18)7-14(27-13)22-8-11(3)15(23)19-16(22)24/h8,10,12-14H,7,9H2,1-6H3,(H,19,23,24)/t12-,13+,14+,30?/m0/s1. The minimum Gasteiger partial charge on any atom is -0.352 e. The largest absolute Gasteiger partial charge is 0.475 e. The molecule has 1 aliphatic heterocycles. The van der Waals surface area contributed by atoms with Crippen molar-refractivity contribution in [3.8, 4) is 0 Å². The fourth-order valence-electron chi connectivity index (χ4n) is 2.86. The number of nitrogens with zero attached hydrogens (tertiary/aromatic N) is 4. The summed E-state index contributed by atoms with van der Waals surface area (Å²) in [4.78, 5) is 28.8. The second kappa shape index (κ2) is 9.47. The molecule has 4 atom stereocenters. The third kappa shape index (κ3) is 6.53. The highest BCUT2D eigenvalue weighted by atomic mass is 31.2. The van der Waals surface area contributed by atoms with E-state index in [2.05, 4.69) is 15.0 Å². The zero-order valence-electron chi connectivity index (χ0n) is 17.9. The highest BCUT2D eigenvalue weighted by Crippen LogP contribution is 2.54. The van der Waals surface area contributed by atoms with Crippen LogP contribution in [0.25, 0.3) is 10.4 Å². The van der Waals surface area contributed by atoms with Crippen molar-refractivity contribution in [3.63, 3.8) is 0 Å². The molecule has 1 N–H and O–H groups in total. The number of phosphoric ester groups is 1. The highest BCUT2D eigenvalue weighted by Gasteiger charge is 2.40. The van der Waals surface area contributed by atoms with Crippen molar-refractivity contribution in [2.45, 2.75) is 78.0 Å². The van der Waals surface area contributed by atoms with Crippen LogP contribution in [0.15, 0.2) is 20.9 Å². The van der Waals surface area contributed by atoms with Crippen molar-refractivity contribution in [2.75, 3.05) is 6.61 Å². The maximum atomic E-state index is 13.0. The third-order valence-corrected chi connectivity index (χ3v) is 5.90. The lowest BCUT2D eigenvalue weighted by Crippen LogP contribution is -2.33. The van der Waals surface area contributed by atoms with Crippen LogP contribution in [-0.4, -0.2) is 40.0 Å². The number of hydrogen-bond donors (Lipinski definition) is 1. The summed E-state index contributed by atoms with van der Waals surface area (Å²) in [5.41, 5.74) is 7.26. The summed E-state index contributed by atoms with van der Waals surface area (Å²) < 4.78 is 36.5. The van der Waals surface area contributed by atoms with Gasteiger partial charge in [0.25, 0.3) is 5.56 Å². The summed E-state index contributed by atoms with van der Waals surface area (Å²) in [6, 6.07) is -0.693. The molecule has 1 saturated heterocycles. The van der Waals surface area contributed by atoms with E-state index in [0.717, 1.165) is 0 Å². The minimum atomic E-state index is -3.94. The number of rotatable bonds is 8. The Morgan fingerprint density at radius 3 is 2.67 bits per heavy atom. The molecule has 0 spiro atoms. The maximum Gasteiger partial charge on any atom is 0.475 e. The van der Waals surface area contributed by atoms with E-state index in [0.29, 0.717) is 5.56 Å². The molecule has 2 heterocycles. The molecule has 1 fully saturated rings. The predicted molar refractivity (Wildman–Crippen MR) is 108 cm³/mol. The molecule has 1 unspecified atom stereocenters. The molecule has 0 aliphatic carbocycles. The van der Waals surface area contributed by atoms with Gasteiger partial charge in [-0.3, -0.25) is 27.9 Å². The normalized spacial score (nSPS) is 23.9. The van der Waals surface area contributed by atoms with E-state index in [1.54, 1.807) is 41.5 Å². The number of ether oxygens (including phenoxy) is 1. The molecule has 0 amide bonds. The maximum absolute atomic E-state index is 13.0. The molecule has 0 aromatic carbocycles. The van der Waals surface area contributed by atoms with E-state index in [1.165, 1.54) is 10.8 Å². The van der Waals surface area contributed by atoms with E-state index >= 15 is 0 Å². The van der Waals surface area contributed by atoms with Gasteiger partial charge >= 0.3 is 13.5 Å². The fourth-order valence-corrected chi connectivity index (χ4v) is 4.53. The van der Waals surface area contributed by atoms with Crippen LogP contribution in [-0.2, 0) is 22.9 Å². The van der Waals surface area contributed by atoms with Gasteiger partial charge < -0.3 is 4.74 Å². The smallest absolute Gasteiger partial charge is 0.352 e. The number of nitrogens with one attached hydrogen (secondary N) is 1. The van der Waals surface area contributed by atoms with Crippen molar-refractivity contribution in [1.29, 1.82) is 0 Å². The van der Waals surface area contributed by atoms with Gasteiger partial charge in [-0.05, 0) is 47.1 Å². The number of aromatic nitrogens is 2. The van der Waals surface area contributed by atoms with Crippen molar-refractivity contribution < 1.29 is 22.9 Å². The number of hydrogen-bond acceptors (Lipinski definition) is 8. The molecule has 2 rings (SSSR count). The van der Waals surface area contributed by atoms with Crippen LogP contribution in [0.4, 0.5) is 0 Å². The average molecular weight is 445 g/mol. The van der Waals surface area contributed by atoms with E-state index in [-0.39, 0.29) is 13.0 Å². The number of phosphoric acid groups is 1. The van der Waals surface area contributed by atoms with Gasteiger partial charge in [0.2, 0.25) is 0 Å². The Balaban J connectivity index is 2.22. The van der Waals surface area contributed by atoms with Gasteiger partial charge in [0.1, 0.15) is 6.23 Å². The molecule has 13 heteroatoms. The van der Waals surface area contributed by atoms with Crippen LogP contribution >= 0.6 is 7.82 Å². The minimum absolute atomic E-state index is 0.166. The lowest BCUT2D eigenvalue weighted by molar-refractivity contribution is -0.0384. The van der Waals surface area contributed by atoms with Crippen molar-refractivity contribution >= 4 is 7.82 Å². The van der Waals surface area contributed by atoms with Gasteiger partial charge in [-0.25, -0.2) is 9.36 Å². The van der Waals surface area contributed by atoms with Crippen molar-refractivity contribution in [2.24, 2.45) is 5.11 Å². The van der Waals surface area contributed by atoms with Crippen LogP contribution < -0.4 is 11.2 Å². The van der Waals surface area contributed by atoms with Gasteiger partial charge in [-0.1, -0.05) is 5.11 Å². The number of aryl methyl sites for hydroxylation is 1. The molecule has 1 aliphatic rings. The Morgan fingerprint density at radius 2 is 2.10 bits per heavy atom. The Bertz CT molecular complexity index is 960. The zero-order valence-corrected chi connectivity index (χ0v) is 18.8. The van der Waals surface area contributed by atoms with Crippen LogP contribution in [0.3, 0.4) is 0 Å². The molecule has 0 saturated carbocycles. The first kappa shape index (κ1) is 24.3. The first-order chi connectivity index (χ1) is 13.8. The van der Waals surface area contributed by atoms with Crippen LogP contribution in [0, 0.1) is 6.92 Å². The summed E-state index contributed by atoms with van der Waals surface area (Å²) in [5, 5.41) is 3.70. The number of aromatic amines is 1. The lowest BCUT2D eigenvalue weighted by atomic mass is 10.1. The SMILES string of the molecule is Cc1cn([C@H]2C[C@H](N=[N+]=[N-])[C@@H](COP(=O)(OC(C)C)OC(C)(C)C)O2)c(=O)[nH]c1=O. The highest BCUT2D eigenvalue weighted by molar-refractivity contribution is 7.48. The van der Waals surface area contributed by atoms with Crippen LogP contribution in [0.5, 0.6) is 0 Å². The van der Waals surface area contributed by atoms with Crippen LogP contribution in [0.2, 0.25) is 0 Å². The van der Waals surface area contributed by atoms with E-state index in [1.807, 2.05) is 0 Å². The molecule has 1 aromatic rings. The predicted octanol–water partition coefficient (Wildman–Crippen LogP) is 3.18. The summed E-state index contributed by atoms with van der Waals surface area (Å²) in [6.45, 7) is 9.82. The molecule has 0 radical (unpaired) electrons. The Hall–Kier alpha value is -1.94. The monoisotopic (exact) mass is 445 g/mol. The topological polar surface area (TPSA) is 158 Å². The lowest BCUT2D eigenvalue weighted by Gasteiger charge is -2.28. The molecular formula is C17H28N5O7P. The molecule has 30 heavy (non-hydrogen) atoms. The zero-order chi connectivity index (χ0) is 22.7. The van der Waals surface area contributed by atoms with E-state index in [4.69, 9.17) is 23.8 Å². The number of H-pyrrole nitrogens is 1. The van der Waals surface area contributed by atoms with Gasteiger partial charge in [0, 0.05) is 23.1 Å². The molecule has 12 nitrogen and oxygen atoms in total. The van der Waals surface area contributed by atoms with E-state index < -0.39 is 49.2 Å². The quantitative estimate of drug-likeness (QED) is 0.278. The van der Waals surface area contributed by atoms with Crippen molar-refractivity contribution in [3.05, 3.63) is 43.0 Å². The molecular weight excluding hydrogens is 417 g/mol. The summed E-state index contributed by atoms with van der Waals surface area (Å²) in [6.07, 6.45) is -0.494.